The monoisotopic (exact) mass is 405 g/mol. The predicted molar refractivity (Wildman–Crippen MR) is 116 cm³/mol. The van der Waals surface area contributed by atoms with Crippen molar-refractivity contribution >= 4 is 23.4 Å². The van der Waals surface area contributed by atoms with E-state index >= 15 is 0 Å². The maximum Gasteiger partial charge on any atom is 0.411 e. The number of carbonyl (C=O) groups is 2. The van der Waals surface area contributed by atoms with Gasteiger partial charge in [-0.2, -0.15) is 0 Å². The zero-order chi connectivity index (χ0) is 21.3. The highest BCUT2D eigenvalue weighted by Crippen LogP contribution is 2.22. The van der Waals surface area contributed by atoms with Crippen LogP contribution < -0.4 is 21.1 Å². The summed E-state index contributed by atoms with van der Waals surface area (Å²) < 4.78 is 10.5. The first-order valence-electron chi connectivity index (χ1n) is 9.34. The molecular weight excluding hydrogens is 382 g/mol. The largest absolute Gasteiger partial charge is 0.497 e. The first kappa shape index (κ1) is 20.9. The molecule has 0 bridgehead atoms. The molecule has 30 heavy (non-hydrogen) atoms. The third-order valence-electron chi connectivity index (χ3n) is 4.28. The summed E-state index contributed by atoms with van der Waals surface area (Å²) in [4.78, 5) is 24.8. The van der Waals surface area contributed by atoms with E-state index in [0.717, 1.165) is 11.1 Å². The summed E-state index contributed by atoms with van der Waals surface area (Å²) in [6.07, 6.45) is -0.630. The Morgan fingerprint density at radius 2 is 1.63 bits per heavy atom. The van der Waals surface area contributed by atoms with Crippen LogP contribution in [0.4, 0.5) is 16.2 Å². The van der Waals surface area contributed by atoms with Gasteiger partial charge in [0.2, 0.25) is 0 Å². The molecule has 0 radical (unpaired) electrons. The molecule has 0 saturated heterocycles. The third kappa shape index (κ3) is 5.83. The van der Waals surface area contributed by atoms with Gasteiger partial charge < -0.3 is 20.5 Å². The molecule has 0 spiro atoms. The maximum absolute atomic E-state index is 12.7. The summed E-state index contributed by atoms with van der Waals surface area (Å²) >= 11 is 0. The summed E-state index contributed by atoms with van der Waals surface area (Å²) in [7, 11) is 1.49. The lowest BCUT2D eigenvalue weighted by molar-refractivity contribution is 0.102. The molecule has 7 nitrogen and oxygen atoms in total. The molecule has 0 heterocycles. The summed E-state index contributed by atoms with van der Waals surface area (Å²) in [5.74, 6) is 0.0838. The van der Waals surface area contributed by atoms with Gasteiger partial charge in [0.15, 0.2) is 0 Å². The SMILES string of the molecule is COc1cc(NC(=O)OCc2ccccc2)cc(C(=O)Nc2cccc(CN)c2)c1. The van der Waals surface area contributed by atoms with E-state index in [9.17, 15) is 9.59 Å². The van der Waals surface area contributed by atoms with E-state index in [0.29, 0.717) is 29.2 Å². The Balaban J connectivity index is 1.69. The van der Waals surface area contributed by atoms with E-state index in [2.05, 4.69) is 10.6 Å². The number of amides is 2. The van der Waals surface area contributed by atoms with Gasteiger partial charge in [0.25, 0.3) is 5.91 Å². The minimum Gasteiger partial charge on any atom is -0.497 e. The van der Waals surface area contributed by atoms with Crippen molar-refractivity contribution in [2.45, 2.75) is 13.2 Å². The Labute approximate surface area is 174 Å². The number of hydrogen-bond donors (Lipinski definition) is 3. The molecule has 0 aromatic heterocycles. The van der Waals surface area contributed by atoms with Gasteiger partial charge in [-0.1, -0.05) is 42.5 Å². The average molecular weight is 405 g/mol. The highest BCUT2D eigenvalue weighted by Gasteiger charge is 2.12. The Morgan fingerprint density at radius 3 is 2.37 bits per heavy atom. The number of rotatable bonds is 7. The standard InChI is InChI=1S/C23H23N3O4/c1-29-21-12-18(22(27)25-19-9-5-8-17(10-19)14-24)11-20(13-21)26-23(28)30-15-16-6-3-2-4-7-16/h2-13H,14-15,24H2,1H3,(H,25,27)(H,26,28). The molecule has 0 aliphatic rings. The normalized spacial score (nSPS) is 10.2. The number of benzene rings is 3. The van der Waals surface area contributed by atoms with Gasteiger partial charge >= 0.3 is 6.09 Å². The lowest BCUT2D eigenvalue weighted by atomic mass is 10.1. The van der Waals surface area contributed by atoms with Crippen LogP contribution in [0, 0.1) is 0 Å². The number of ether oxygens (including phenoxy) is 2. The van der Waals surface area contributed by atoms with Gasteiger partial charge in [-0.15, -0.1) is 0 Å². The zero-order valence-electron chi connectivity index (χ0n) is 16.6. The van der Waals surface area contributed by atoms with E-state index in [1.807, 2.05) is 42.5 Å². The van der Waals surface area contributed by atoms with Crippen molar-refractivity contribution in [2.24, 2.45) is 5.73 Å². The second kappa shape index (κ2) is 10.1. The molecule has 0 aliphatic heterocycles. The van der Waals surface area contributed by atoms with E-state index in [1.165, 1.54) is 7.11 Å². The lowest BCUT2D eigenvalue weighted by Gasteiger charge is -2.12. The fourth-order valence-electron chi connectivity index (χ4n) is 2.78. The second-order valence-corrected chi connectivity index (χ2v) is 6.50. The Kier molecular flexibility index (Phi) is 7.02. The van der Waals surface area contributed by atoms with Crippen LogP contribution in [0.3, 0.4) is 0 Å². The molecular formula is C23H23N3O4. The molecule has 7 heteroatoms. The van der Waals surface area contributed by atoms with Crippen molar-refractivity contribution in [3.63, 3.8) is 0 Å². The van der Waals surface area contributed by atoms with Crippen LogP contribution in [0.25, 0.3) is 0 Å². The van der Waals surface area contributed by atoms with E-state index < -0.39 is 6.09 Å². The third-order valence-corrected chi connectivity index (χ3v) is 4.28. The zero-order valence-corrected chi connectivity index (χ0v) is 16.6. The van der Waals surface area contributed by atoms with E-state index in [1.54, 1.807) is 30.3 Å². The maximum atomic E-state index is 12.7. The highest BCUT2D eigenvalue weighted by atomic mass is 16.5. The molecule has 0 saturated carbocycles. The molecule has 2 amide bonds. The lowest BCUT2D eigenvalue weighted by Crippen LogP contribution is -2.16. The fraction of sp³-hybridized carbons (Fsp3) is 0.130. The van der Waals surface area contributed by atoms with E-state index in [-0.39, 0.29) is 12.5 Å². The molecule has 154 valence electrons. The van der Waals surface area contributed by atoms with Gasteiger partial charge in [-0.3, -0.25) is 10.1 Å². The van der Waals surface area contributed by atoms with Crippen LogP contribution in [0.15, 0.2) is 72.8 Å². The van der Waals surface area contributed by atoms with Crippen LogP contribution in [0.5, 0.6) is 5.75 Å². The number of carbonyl (C=O) groups excluding carboxylic acids is 2. The van der Waals surface area contributed by atoms with Crippen LogP contribution in [-0.2, 0) is 17.9 Å². The van der Waals surface area contributed by atoms with Gasteiger partial charge in [0.05, 0.1) is 7.11 Å². The number of anilines is 2. The molecule has 0 aliphatic carbocycles. The van der Waals surface area contributed by atoms with Crippen LogP contribution >= 0.6 is 0 Å². The van der Waals surface area contributed by atoms with Crippen molar-refractivity contribution in [1.82, 2.24) is 0 Å². The van der Waals surface area contributed by atoms with Crippen LogP contribution in [0.2, 0.25) is 0 Å². The molecule has 3 rings (SSSR count). The first-order valence-corrected chi connectivity index (χ1v) is 9.34. The van der Waals surface area contributed by atoms with Gasteiger partial charge in [-0.05, 0) is 35.4 Å². The Morgan fingerprint density at radius 1 is 0.867 bits per heavy atom. The molecule has 0 atom stereocenters. The molecule has 0 fully saturated rings. The van der Waals surface area contributed by atoms with E-state index in [4.69, 9.17) is 15.2 Å². The van der Waals surface area contributed by atoms with Crippen LogP contribution in [-0.4, -0.2) is 19.1 Å². The average Bonchev–Trinajstić information content (AvgIpc) is 2.78. The number of methoxy groups -OCH3 is 1. The predicted octanol–water partition coefficient (Wildman–Crippen LogP) is 4.15. The summed E-state index contributed by atoms with van der Waals surface area (Å²) in [6.45, 7) is 0.517. The second-order valence-electron chi connectivity index (χ2n) is 6.50. The number of hydrogen-bond acceptors (Lipinski definition) is 5. The number of nitrogens with one attached hydrogen (secondary N) is 2. The minimum atomic E-state index is -0.630. The van der Waals surface area contributed by atoms with Gasteiger partial charge in [-0.25, -0.2) is 4.79 Å². The Hall–Kier alpha value is -3.84. The number of nitrogens with two attached hydrogens (primary N) is 1. The van der Waals surface area contributed by atoms with Gasteiger partial charge in [0, 0.05) is 29.5 Å². The summed E-state index contributed by atoms with van der Waals surface area (Å²) in [5, 5.41) is 5.44. The molecule has 4 N–H and O–H groups in total. The van der Waals surface area contributed by atoms with Crippen LogP contribution in [0.1, 0.15) is 21.5 Å². The van der Waals surface area contributed by atoms with Crippen molar-refractivity contribution in [3.8, 4) is 5.75 Å². The topological polar surface area (TPSA) is 103 Å². The summed E-state index contributed by atoms with van der Waals surface area (Å²) in [6, 6.07) is 21.4. The quantitative estimate of drug-likeness (QED) is 0.548. The molecule has 3 aromatic carbocycles. The molecule has 0 unspecified atom stereocenters. The minimum absolute atomic E-state index is 0.140. The van der Waals surface area contributed by atoms with Crippen molar-refractivity contribution in [1.29, 1.82) is 0 Å². The summed E-state index contributed by atoms with van der Waals surface area (Å²) in [5.41, 5.74) is 8.76. The first-order chi connectivity index (χ1) is 14.6. The van der Waals surface area contributed by atoms with Crippen molar-refractivity contribution in [3.05, 3.63) is 89.5 Å². The molecule has 3 aromatic rings. The smallest absolute Gasteiger partial charge is 0.411 e. The highest BCUT2D eigenvalue weighted by molar-refractivity contribution is 6.05. The van der Waals surface area contributed by atoms with Gasteiger partial charge in [0.1, 0.15) is 12.4 Å². The fourth-order valence-corrected chi connectivity index (χ4v) is 2.78. The van der Waals surface area contributed by atoms with Crippen molar-refractivity contribution in [2.75, 3.05) is 17.7 Å². The Bertz CT molecular complexity index is 1020. The van der Waals surface area contributed by atoms with Crippen molar-refractivity contribution < 1.29 is 19.1 Å².